The Kier molecular flexibility index (Phi) is 5.35. The smallest absolute Gasteiger partial charge is 0.238 e. The van der Waals surface area contributed by atoms with Crippen molar-refractivity contribution in [1.29, 1.82) is 5.26 Å². The zero-order chi connectivity index (χ0) is 14.3. The van der Waals surface area contributed by atoms with Crippen LogP contribution in [0.25, 0.3) is 0 Å². The van der Waals surface area contributed by atoms with E-state index in [0.29, 0.717) is 23.5 Å². The van der Waals surface area contributed by atoms with E-state index in [2.05, 4.69) is 10.6 Å². The van der Waals surface area contributed by atoms with Gasteiger partial charge in [0.15, 0.2) is 0 Å². The normalized spacial score (nSPS) is 9.32. The molecule has 0 fully saturated rings. The lowest BCUT2D eigenvalue weighted by Crippen LogP contribution is -2.13. The fourth-order valence-corrected chi connectivity index (χ4v) is 1.40. The van der Waals surface area contributed by atoms with Gasteiger partial charge in [0.25, 0.3) is 0 Å². The summed E-state index contributed by atoms with van der Waals surface area (Å²) < 4.78 is 5.10. The number of amides is 2. The van der Waals surface area contributed by atoms with E-state index in [9.17, 15) is 9.59 Å². The molecule has 1 aromatic carbocycles. The Morgan fingerprint density at radius 3 is 2.63 bits per heavy atom. The number of hydrogen-bond donors (Lipinski definition) is 2. The summed E-state index contributed by atoms with van der Waals surface area (Å²) in [5, 5.41) is 13.7. The van der Waals surface area contributed by atoms with Crippen LogP contribution >= 0.6 is 0 Å². The summed E-state index contributed by atoms with van der Waals surface area (Å²) in [5.41, 5.74) is 0.969. The van der Waals surface area contributed by atoms with Gasteiger partial charge in [0.05, 0.1) is 18.9 Å². The monoisotopic (exact) mass is 261 g/mol. The quantitative estimate of drug-likeness (QED) is 0.846. The lowest BCUT2D eigenvalue weighted by Gasteiger charge is -2.11. The molecule has 2 amide bonds. The third kappa shape index (κ3) is 4.32. The van der Waals surface area contributed by atoms with Gasteiger partial charge in [0.1, 0.15) is 12.2 Å². The number of nitriles is 1. The molecule has 0 bridgehead atoms. The minimum absolute atomic E-state index is 0.125. The molecule has 0 aliphatic rings. The molecule has 0 unspecified atom stereocenters. The third-order valence-corrected chi connectivity index (χ3v) is 2.32. The predicted octanol–water partition coefficient (Wildman–Crippen LogP) is 1.90. The number of benzene rings is 1. The summed E-state index contributed by atoms with van der Waals surface area (Å²) in [6.07, 6.45) is 0.122. The summed E-state index contributed by atoms with van der Waals surface area (Å²) in [5.74, 6) is -0.0972. The van der Waals surface area contributed by atoms with E-state index in [1.54, 1.807) is 31.2 Å². The van der Waals surface area contributed by atoms with Gasteiger partial charge < -0.3 is 15.4 Å². The van der Waals surface area contributed by atoms with E-state index in [-0.39, 0.29) is 12.3 Å². The molecule has 19 heavy (non-hydrogen) atoms. The van der Waals surface area contributed by atoms with Crippen molar-refractivity contribution in [1.82, 2.24) is 0 Å². The molecular weight excluding hydrogens is 246 g/mol. The van der Waals surface area contributed by atoms with Gasteiger partial charge in [-0.2, -0.15) is 5.26 Å². The third-order valence-electron chi connectivity index (χ3n) is 2.32. The first-order chi connectivity index (χ1) is 9.10. The SMILES string of the molecule is CCC(=O)Nc1ccc(OC)c(NC(=O)CC#N)c1. The molecular formula is C13H15N3O3. The lowest BCUT2D eigenvalue weighted by molar-refractivity contribution is -0.116. The van der Waals surface area contributed by atoms with Crippen LogP contribution in [0.1, 0.15) is 19.8 Å². The molecule has 0 spiro atoms. The zero-order valence-corrected chi connectivity index (χ0v) is 10.8. The van der Waals surface area contributed by atoms with Gasteiger partial charge in [-0.1, -0.05) is 6.92 Å². The fraction of sp³-hybridized carbons (Fsp3) is 0.308. The molecule has 0 aliphatic carbocycles. The van der Waals surface area contributed by atoms with Gasteiger partial charge in [-0.3, -0.25) is 9.59 Å². The Labute approximate surface area is 111 Å². The largest absolute Gasteiger partial charge is 0.495 e. The standard InChI is InChI=1S/C13H15N3O3/c1-3-12(17)15-9-4-5-11(19-2)10(8-9)16-13(18)6-7-14/h4-5,8H,3,6H2,1-2H3,(H,15,17)(H,16,18). The second kappa shape index (κ2) is 7.01. The van der Waals surface area contributed by atoms with Gasteiger partial charge >= 0.3 is 0 Å². The number of hydrogen-bond acceptors (Lipinski definition) is 4. The lowest BCUT2D eigenvalue weighted by atomic mass is 10.2. The first-order valence-corrected chi connectivity index (χ1v) is 5.75. The Bertz CT molecular complexity index is 520. The van der Waals surface area contributed by atoms with Crippen molar-refractivity contribution in [3.8, 4) is 11.8 Å². The molecule has 6 heteroatoms. The summed E-state index contributed by atoms with van der Waals surface area (Å²) in [6, 6.07) is 6.65. The second-order valence-electron chi connectivity index (χ2n) is 3.70. The van der Waals surface area contributed by atoms with E-state index >= 15 is 0 Å². The van der Waals surface area contributed by atoms with Gasteiger partial charge in [-0.25, -0.2) is 0 Å². The number of anilines is 2. The summed E-state index contributed by atoms with van der Waals surface area (Å²) >= 11 is 0. The van der Waals surface area contributed by atoms with E-state index in [4.69, 9.17) is 10.00 Å². The highest BCUT2D eigenvalue weighted by atomic mass is 16.5. The molecule has 6 nitrogen and oxygen atoms in total. The highest BCUT2D eigenvalue weighted by molar-refractivity contribution is 5.96. The van der Waals surface area contributed by atoms with Crippen LogP contribution in [-0.2, 0) is 9.59 Å². The van der Waals surface area contributed by atoms with Crippen molar-refractivity contribution < 1.29 is 14.3 Å². The van der Waals surface area contributed by atoms with Crippen LogP contribution in [0.5, 0.6) is 5.75 Å². The maximum Gasteiger partial charge on any atom is 0.238 e. The van der Waals surface area contributed by atoms with Crippen molar-refractivity contribution in [2.75, 3.05) is 17.7 Å². The van der Waals surface area contributed by atoms with Gasteiger partial charge in [0.2, 0.25) is 11.8 Å². The van der Waals surface area contributed by atoms with Crippen LogP contribution < -0.4 is 15.4 Å². The van der Waals surface area contributed by atoms with Gasteiger partial charge in [-0.05, 0) is 18.2 Å². The molecule has 1 aromatic rings. The summed E-state index contributed by atoms with van der Waals surface area (Å²) in [6.45, 7) is 1.74. The van der Waals surface area contributed by atoms with Crippen LogP contribution in [0.3, 0.4) is 0 Å². The molecule has 0 atom stereocenters. The van der Waals surface area contributed by atoms with Crippen LogP contribution in [0.15, 0.2) is 18.2 Å². The Morgan fingerprint density at radius 1 is 1.32 bits per heavy atom. The molecule has 2 N–H and O–H groups in total. The molecule has 0 heterocycles. The number of carbonyl (C=O) groups excluding carboxylic acids is 2. The maximum atomic E-state index is 11.4. The summed E-state index contributed by atoms with van der Waals surface area (Å²) in [7, 11) is 1.47. The van der Waals surface area contributed by atoms with Crippen LogP contribution in [0.2, 0.25) is 0 Å². The zero-order valence-electron chi connectivity index (χ0n) is 10.8. The molecule has 0 aromatic heterocycles. The number of nitrogens with one attached hydrogen (secondary N) is 2. The molecule has 0 saturated heterocycles. The average Bonchev–Trinajstić information content (AvgIpc) is 2.39. The highest BCUT2D eigenvalue weighted by Crippen LogP contribution is 2.28. The average molecular weight is 261 g/mol. The molecule has 0 saturated carbocycles. The second-order valence-corrected chi connectivity index (χ2v) is 3.70. The van der Waals surface area contributed by atoms with Crippen LogP contribution in [0, 0.1) is 11.3 Å². The van der Waals surface area contributed by atoms with Gasteiger partial charge in [0, 0.05) is 12.1 Å². The molecule has 0 aliphatic heterocycles. The number of carbonyl (C=O) groups is 2. The van der Waals surface area contributed by atoms with Crippen molar-refractivity contribution in [2.24, 2.45) is 0 Å². The van der Waals surface area contributed by atoms with Gasteiger partial charge in [-0.15, -0.1) is 0 Å². The maximum absolute atomic E-state index is 11.4. The van der Waals surface area contributed by atoms with E-state index in [1.165, 1.54) is 7.11 Å². The molecule has 1 rings (SSSR count). The Hall–Kier alpha value is -2.55. The van der Waals surface area contributed by atoms with Crippen molar-refractivity contribution in [3.05, 3.63) is 18.2 Å². The first-order valence-electron chi connectivity index (χ1n) is 5.75. The number of methoxy groups -OCH3 is 1. The summed E-state index contributed by atoms with van der Waals surface area (Å²) in [4.78, 5) is 22.7. The first kappa shape index (κ1) is 14.5. The Balaban J connectivity index is 2.93. The van der Waals surface area contributed by atoms with E-state index < -0.39 is 5.91 Å². The van der Waals surface area contributed by atoms with Crippen molar-refractivity contribution in [3.63, 3.8) is 0 Å². The fourth-order valence-electron chi connectivity index (χ4n) is 1.40. The minimum atomic E-state index is -0.431. The highest BCUT2D eigenvalue weighted by Gasteiger charge is 2.09. The van der Waals surface area contributed by atoms with Crippen molar-refractivity contribution in [2.45, 2.75) is 19.8 Å². The van der Waals surface area contributed by atoms with E-state index in [1.807, 2.05) is 0 Å². The van der Waals surface area contributed by atoms with Crippen LogP contribution in [-0.4, -0.2) is 18.9 Å². The molecule has 0 radical (unpaired) electrons. The number of ether oxygens (including phenoxy) is 1. The minimum Gasteiger partial charge on any atom is -0.495 e. The van der Waals surface area contributed by atoms with Crippen LogP contribution in [0.4, 0.5) is 11.4 Å². The van der Waals surface area contributed by atoms with E-state index in [0.717, 1.165) is 0 Å². The number of rotatable bonds is 5. The topological polar surface area (TPSA) is 91.2 Å². The number of nitrogens with zero attached hydrogens (tertiary/aromatic N) is 1. The molecule has 100 valence electrons. The van der Waals surface area contributed by atoms with Crippen molar-refractivity contribution >= 4 is 23.2 Å². The Morgan fingerprint density at radius 2 is 2.05 bits per heavy atom. The predicted molar refractivity (Wildman–Crippen MR) is 70.8 cm³/mol.